The van der Waals surface area contributed by atoms with Crippen LogP contribution in [0.4, 0.5) is 11.6 Å². The lowest BCUT2D eigenvalue weighted by Crippen LogP contribution is -2.36. The van der Waals surface area contributed by atoms with Crippen LogP contribution in [0, 0.1) is 6.92 Å². The number of benzene rings is 1. The van der Waals surface area contributed by atoms with E-state index in [4.69, 9.17) is 4.52 Å². The molecule has 7 nitrogen and oxygen atoms in total. The average Bonchev–Trinajstić information content (AvgIpc) is 2.92. The predicted molar refractivity (Wildman–Crippen MR) is 94.2 cm³/mol. The fourth-order valence-electron chi connectivity index (χ4n) is 2.08. The molecule has 2 amide bonds. The average molecular weight is 348 g/mol. The van der Waals surface area contributed by atoms with Crippen molar-refractivity contribution in [2.45, 2.75) is 11.8 Å². The van der Waals surface area contributed by atoms with Gasteiger partial charge in [0.15, 0.2) is 0 Å². The third kappa shape index (κ3) is 5.39. The molecule has 0 spiro atoms. The van der Waals surface area contributed by atoms with Gasteiger partial charge in [-0.15, -0.1) is 11.8 Å². The normalized spacial score (nSPS) is 10.7. The molecule has 0 unspecified atom stereocenters. The number of nitrogens with zero attached hydrogens (tertiary/aromatic N) is 2. The highest BCUT2D eigenvalue weighted by molar-refractivity contribution is 7.98. The monoisotopic (exact) mass is 348 g/mol. The van der Waals surface area contributed by atoms with Crippen molar-refractivity contribution in [3.8, 4) is 0 Å². The fourth-order valence-corrected chi connectivity index (χ4v) is 2.64. The SMILES string of the molecule is CSc1ccccc1NC(=O)CN(C)CC(=O)Nc1cc(C)no1. The van der Waals surface area contributed by atoms with Gasteiger partial charge in [0.25, 0.3) is 0 Å². The Balaban J connectivity index is 1.81. The Morgan fingerprint density at radius 1 is 1.21 bits per heavy atom. The van der Waals surface area contributed by atoms with E-state index in [1.54, 1.807) is 36.7 Å². The molecule has 0 saturated heterocycles. The zero-order valence-corrected chi connectivity index (χ0v) is 14.6. The van der Waals surface area contributed by atoms with Crippen molar-refractivity contribution in [2.24, 2.45) is 0 Å². The van der Waals surface area contributed by atoms with Crippen LogP contribution in [0.3, 0.4) is 0 Å². The topological polar surface area (TPSA) is 87.5 Å². The second-order valence-corrected chi connectivity index (χ2v) is 6.15. The smallest absolute Gasteiger partial charge is 0.240 e. The quantitative estimate of drug-likeness (QED) is 0.746. The van der Waals surface area contributed by atoms with Crippen LogP contribution in [0.2, 0.25) is 0 Å². The molecule has 1 aromatic carbocycles. The van der Waals surface area contributed by atoms with Crippen LogP contribution < -0.4 is 10.6 Å². The maximum absolute atomic E-state index is 12.1. The summed E-state index contributed by atoms with van der Waals surface area (Å²) in [5, 5.41) is 9.14. The zero-order valence-electron chi connectivity index (χ0n) is 13.8. The van der Waals surface area contributed by atoms with Crippen molar-refractivity contribution < 1.29 is 14.1 Å². The lowest BCUT2D eigenvalue weighted by atomic mass is 10.3. The minimum atomic E-state index is -0.272. The number of aromatic nitrogens is 1. The van der Waals surface area contributed by atoms with Crippen molar-refractivity contribution in [3.63, 3.8) is 0 Å². The Hall–Kier alpha value is -2.32. The highest BCUT2D eigenvalue weighted by Crippen LogP contribution is 2.24. The molecule has 0 atom stereocenters. The summed E-state index contributed by atoms with van der Waals surface area (Å²) in [6.07, 6.45) is 1.95. The van der Waals surface area contributed by atoms with Crippen LogP contribution in [0.5, 0.6) is 0 Å². The molecule has 0 bridgehead atoms. The molecule has 8 heteroatoms. The van der Waals surface area contributed by atoms with Gasteiger partial charge in [-0.05, 0) is 32.4 Å². The number of likely N-dealkylation sites (N-methyl/N-ethyl adjacent to an activating group) is 1. The first-order valence-electron chi connectivity index (χ1n) is 7.32. The molecule has 1 aromatic heterocycles. The summed E-state index contributed by atoms with van der Waals surface area (Å²) in [6.45, 7) is 1.94. The van der Waals surface area contributed by atoms with Crippen molar-refractivity contribution in [3.05, 3.63) is 36.0 Å². The molecule has 0 saturated carbocycles. The lowest BCUT2D eigenvalue weighted by molar-refractivity contribution is -0.119. The molecule has 128 valence electrons. The zero-order chi connectivity index (χ0) is 17.5. The molecule has 24 heavy (non-hydrogen) atoms. The Kier molecular flexibility index (Phi) is 6.39. The fraction of sp³-hybridized carbons (Fsp3) is 0.312. The Labute approximate surface area is 144 Å². The number of hydrogen-bond donors (Lipinski definition) is 2. The number of thioether (sulfide) groups is 1. The van der Waals surface area contributed by atoms with E-state index in [-0.39, 0.29) is 24.9 Å². The highest BCUT2D eigenvalue weighted by atomic mass is 32.2. The molecule has 2 N–H and O–H groups in total. The Morgan fingerprint density at radius 2 is 1.88 bits per heavy atom. The van der Waals surface area contributed by atoms with E-state index in [0.717, 1.165) is 10.6 Å². The number of carbonyl (C=O) groups is 2. The summed E-state index contributed by atoms with van der Waals surface area (Å²) in [5.41, 5.74) is 1.45. The van der Waals surface area contributed by atoms with E-state index in [9.17, 15) is 9.59 Å². The second-order valence-electron chi connectivity index (χ2n) is 5.30. The van der Waals surface area contributed by atoms with Crippen LogP contribution in [0.1, 0.15) is 5.69 Å². The van der Waals surface area contributed by atoms with Gasteiger partial charge in [-0.25, -0.2) is 0 Å². The molecule has 2 rings (SSSR count). The van der Waals surface area contributed by atoms with E-state index in [1.807, 2.05) is 30.5 Å². The summed E-state index contributed by atoms with van der Waals surface area (Å²) in [5.74, 6) is -0.155. The van der Waals surface area contributed by atoms with Crippen molar-refractivity contribution >= 4 is 35.1 Å². The van der Waals surface area contributed by atoms with E-state index < -0.39 is 0 Å². The number of anilines is 2. The van der Waals surface area contributed by atoms with Gasteiger partial charge in [-0.1, -0.05) is 17.3 Å². The molecule has 0 aliphatic rings. The molecular weight excluding hydrogens is 328 g/mol. The minimum absolute atomic E-state index is 0.0668. The Bertz CT molecular complexity index is 717. The number of hydrogen-bond acceptors (Lipinski definition) is 6. The van der Waals surface area contributed by atoms with Gasteiger partial charge >= 0.3 is 0 Å². The first-order chi connectivity index (χ1) is 11.5. The highest BCUT2D eigenvalue weighted by Gasteiger charge is 2.13. The van der Waals surface area contributed by atoms with Gasteiger partial charge in [0, 0.05) is 11.0 Å². The van der Waals surface area contributed by atoms with E-state index >= 15 is 0 Å². The summed E-state index contributed by atoms with van der Waals surface area (Å²) >= 11 is 1.56. The number of nitrogens with one attached hydrogen (secondary N) is 2. The number of carbonyl (C=O) groups excluding carboxylic acids is 2. The van der Waals surface area contributed by atoms with Gasteiger partial charge < -0.3 is 9.84 Å². The molecular formula is C16H20N4O3S. The molecule has 0 fully saturated rings. The van der Waals surface area contributed by atoms with Crippen molar-refractivity contribution in [1.82, 2.24) is 10.1 Å². The predicted octanol–water partition coefficient (Wildman–Crippen LogP) is 2.21. The second kappa shape index (κ2) is 8.51. The van der Waals surface area contributed by atoms with E-state index in [2.05, 4.69) is 15.8 Å². The van der Waals surface area contributed by atoms with Crippen LogP contribution in [0.15, 0.2) is 39.8 Å². The van der Waals surface area contributed by atoms with Gasteiger partial charge in [-0.2, -0.15) is 0 Å². The standard InChI is InChI=1S/C16H20N4O3S/c1-11-8-16(23-19-11)18-15(22)10-20(2)9-14(21)17-12-6-4-5-7-13(12)24-3/h4-8H,9-10H2,1-3H3,(H,17,21)(H,18,22). The largest absolute Gasteiger partial charge is 0.338 e. The molecule has 0 radical (unpaired) electrons. The van der Waals surface area contributed by atoms with Crippen LogP contribution in [-0.4, -0.2) is 48.3 Å². The first-order valence-corrected chi connectivity index (χ1v) is 8.55. The molecule has 2 aromatic rings. The number of amides is 2. The Morgan fingerprint density at radius 3 is 2.50 bits per heavy atom. The summed E-state index contributed by atoms with van der Waals surface area (Å²) in [7, 11) is 1.70. The summed E-state index contributed by atoms with van der Waals surface area (Å²) in [4.78, 5) is 26.6. The van der Waals surface area contributed by atoms with Gasteiger partial charge in [0.2, 0.25) is 17.7 Å². The number of para-hydroxylation sites is 1. The molecule has 0 aliphatic heterocycles. The first kappa shape index (κ1) is 18.0. The maximum atomic E-state index is 12.1. The van der Waals surface area contributed by atoms with Crippen LogP contribution in [0.25, 0.3) is 0 Å². The van der Waals surface area contributed by atoms with Crippen LogP contribution in [-0.2, 0) is 9.59 Å². The van der Waals surface area contributed by atoms with Crippen LogP contribution >= 0.6 is 11.8 Å². The van der Waals surface area contributed by atoms with E-state index in [1.165, 1.54) is 0 Å². The van der Waals surface area contributed by atoms with Gasteiger partial charge in [0.1, 0.15) is 0 Å². The minimum Gasteiger partial charge on any atom is -0.338 e. The van der Waals surface area contributed by atoms with Crippen molar-refractivity contribution in [1.29, 1.82) is 0 Å². The number of aryl methyl sites for hydroxylation is 1. The third-order valence-electron chi connectivity index (χ3n) is 3.10. The summed E-state index contributed by atoms with van der Waals surface area (Å²) < 4.78 is 4.92. The number of rotatable bonds is 7. The van der Waals surface area contributed by atoms with E-state index in [0.29, 0.717) is 11.6 Å². The van der Waals surface area contributed by atoms with Gasteiger partial charge in [0.05, 0.1) is 24.5 Å². The molecule has 1 heterocycles. The summed E-state index contributed by atoms with van der Waals surface area (Å²) in [6, 6.07) is 9.21. The lowest BCUT2D eigenvalue weighted by Gasteiger charge is -2.16. The maximum Gasteiger partial charge on any atom is 0.240 e. The third-order valence-corrected chi connectivity index (χ3v) is 3.89. The van der Waals surface area contributed by atoms with Gasteiger partial charge in [-0.3, -0.25) is 19.8 Å². The van der Waals surface area contributed by atoms with Crippen molar-refractivity contribution in [2.75, 3.05) is 37.0 Å². The molecule has 0 aliphatic carbocycles.